The average Bonchev–Trinajstić information content (AvgIpc) is 2.45. The van der Waals surface area contributed by atoms with Crippen LogP contribution in [0.5, 0.6) is 0 Å². The van der Waals surface area contributed by atoms with Gasteiger partial charge in [-0.05, 0) is 47.0 Å². The third-order valence-electron chi connectivity index (χ3n) is 3.06. The minimum Gasteiger partial charge on any atom is -0.398 e. The molecule has 2 nitrogen and oxygen atoms in total. The SMILES string of the molecule is CCc1c(C)c2c(Br)c(N)ccc2n1C. The van der Waals surface area contributed by atoms with E-state index in [0.717, 1.165) is 16.6 Å². The number of nitrogens with zero attached hydrogens (tertiary/aromatic N) is 1. The molecule has 0 radical (unpaired) electrons. The van der Waals surface area contributed by atoms with E-state index in [0.29, 0.717) is 0 Å². The Hall–Kier alpha value is -0.960. The maximum atomic E-state index is 5.90. The van der Waals surface area contributed by atoms with Crippen LogP contribution < -0.4 is 5.73 Å². The first kappa shape index (κ1) is 10.6. The molecule has 0 bridgehead atoms. The van der Waals surface area contributed by atoms with Gasteiger partial charge in [-0.15, -0.1) is 0 Å². The van der Waals surface area contributed by atoms with E-state index in [9.17, 15) is 0 Å². The molecule has 0 unspecified atom stereocenters. The van der Waals surface area contributed by atoms with Crippen molar-refractivity contribution in [3.63, 3.8) is 0 Å². The van der Waals surface area contributed by atoms with Gasteiger partial charge in [0.05, 0.1) is 4.47 Å². The van der Waals surface area contributed by atoms with E-state index in [-0.39, 0.29) is 0 Å². The summed E-state index contributed by atoms with van der Waals surface area (Å²) >= 11 is 3.57. The van der Waals surface area contributed by atoms with Gasteiger partial charge in [-0.1, -0.05) is 6.92 Å². The largest absolute Gasteiger partial charge is 0.398 e. The van der Waals surface area contributed by atoms with E-state index < -0.39 is 0 Å². The van der Waals surface area contributed by atoms with Gasteiger partial charge in [0.2, 0.25) is 0 Å². The van der Waals surface area contributed by atoms with Gasteiger partial charge in [0.1, 0.15) is 0 Å². The number of nitrogen functional groups attached to an aromatic ring is 1. The summed E-state index contributed by atoms with van der Waals surface area (Å²) in [5, 5.41) is 1.24. The molecule has 2 aromatic rings. The minimum atomic E-state index is 0.804. The molecule has 0 aliphatic rings. The van der Waals surface area contributed by atoms with Gasteiger partial charge >= 0.3 is 0 Å². The van der Waals surface area contributed by atoms with Crippen LogP contribution in [-0.2, 0) is 13.5 Å². The first-order valence-electron chi connectivity index (χ1n) is 5.09. The zero-order chi connectivity index (χ0) is 11.2. The molecule has 1 heterocycles. The van der Waals surface area contributed by atoms with Crippen LogP contribution in [0.3, 0.4) is 0 Å². The standard InChI is InChI=1S/C12H15BrN2/c1-4-9-7(2)11-10(15(9)3)6-5-8(14)12(11)13/h5-6H,4,14H2,1-3H3. The number of anilines is 1. The lowest BCUT2D eigenvalue weighted by atomic mass is 10.1. The number of benzene rings is 1. The number of aromatic nitrogens is 1. The highest BCUT2D eigenvalue weighted by molar-refractivity contribution is 9.10. The molecule has 0 saturated heterocycles. The lowest BCUT2D eigenvalue weighted by Gasteiger charge is -2.02. The van der Waals surface area contributed by atoms with E-state index >= 15 is 0 Å². The van der Waals surface area contributed by atoms with Gasteiger partial charge < -0.3 is 10.3 Å². The first-order valence-corrected chi connectivity index (χ1v) is 5.89. The van der Waals surface area contributed by atoms with Crippen molar-refractivity contribution in [2.75, 3.05) is 5.73 Å². The number of halogens is 1. The molecule has 0 saturated carbocycles. The van der Waals surface area contributed by atoms with Gasteiger partial charge in [-0.3, -0.25) is 0 Å². The Morgan fingerprint density at radius 1 is 1.40 bits per heavy atom. The molecule has 1 aromatic heterocycles. The Labute approximate surface area is 98.2 Å². The number of aryl methyl sites for hydroxylation is 2. The van der Waals surface area contributed by atoms with Crippen molar-refractivity contribution in [2.24, 2.45) is 7.05 Å². The van der Waals surface area contributed by atoms with Crippen LogP contribution >= 0.6 is 15.9 Å². The summed E-state index contributed by atoms with van der Waals surface area (Å²) in [6.07, 6.45) is 1.04. The first-order chi connectivity index (χ1) is 7.07. The third kappa shape index (κ3) is 1.37. The Balaban J connectivity index is 2.96. The van der Waals surface area contributed by atoms with Gasteiger partial charge in [-0.25, -0.2) is 0 Å². The molecular weight excluding hydrogens is 252 g/mol. The summed E-state index contributed by atoms with van der Waals surface area (Å²) in [7, 11) is 2.11. The van der Waals surface area contributed by atoms with Gasteiger partial charge in [0, 0.05) is 29.3 Å². The average molecular weight is 267 g/mol. The number of hydrogen-bond donors (Lipinski definition) is 1. The quantitative estimate of drug-likeness (QED) is 0.789. The molecule has 0 spiro atoms. The third-order valence-corrected chi connectivity index (χ3v) is 3.91. The van der Waals surface area contributed by atoms with Crippen molar-refractivity contribution in [1.82, 2.24) is 4.57 Å². The van der Waals surface area contributed by atoms with Crippen molar-refractivity contribution in [3.8, 4) is 0 Å². The summed E-state index contributed by atoms with van der Waals surface area (Å²) in [5.41, 5.74) is 10.6. The van der Waals surface area contributed by atoms with Crippen molar-refractivity contribution in [3.05, 3.63) is 27.9 Å². The molecule has 15 heavy (non-hydrogen) atoms. The number of hydrogen-bond acceptors (Lipinski definition) is 1. The van der Waals surface area contributed by atoms with Crippen LogP contribution in [0.4, 0.5) is 5.69 Å². The van der Waals surface area contributed by atoms with Crippen LogP contribution in [0.15, 0.2) is 16.6 Å². The maximum absolute atomic E-state index is 5.90. The summed E-state index contributed by atoms with van der Waals surface area (Å²) in [6, 6.07) is 4.03. The smallest absolute Gasteiger partial charge is 0.0501 e. The lowest BCUT2D eigenvalue weighted by Crippen LogP contribution is -1.94. The van der Waals surface area contributed by atoms with Crippen molar-refractivity contribution in [2.45, 2.75) is 20.3 Å². The zero-order valence-electron chi connectivity index (χ0n) is 9.26. The molecule has 2 rings (SSSR count). The van der Waals surface area contributed by atoms with E-state index in [1.807, 2.05) is 6.07 Å². The molecule has 0 aliphatic heterocycles. The molecule has 3 heteroatoms. The summed E-state index contributed by atoms with van der Waals surface area (Å²) in [4.78, 5) is 0. The van der Waals surface area contributed by atoms with Crippen LogP contribution in [0.1, 0.15) is 18.2 Å². The fourth-order valence-corrected chi connectivity index (χ4v) is 2.89. The highest BCUT2D eigenvalue weighted by Gasteiger charge is 2.13. The minimum absolute atomic E-state index is 0.804. The number of rotatable bonds is 1. The fourth-order valence-electron chi connectivity index (χ4n) is 2.26. The van der Waals surface area contributed by atoms with E-state index in [2.05, 4.69) is 47.5 Å². The predicted octanol–water partition coefficient (Wildman–Crippen LogP) is 3.39. The summed E-state index contributed by atoms with van der Waals surface area (Å²) in [5.74, 6) is 0. The van der Waals surface area contributed by atoms with Crippen molar-refractivity contribution < 1.29 is 0 Å². The molecule has 0 atom stereocenters. The molecule has 0 amide bonds. The highest BCUT2D eigenvalue weighted by Crippen LogP contribution is 2.34. The summed E-state index contributed by atoms with van der Waals surface area (Å²) in [6.45, 7) is 4.34. The second-order valence-corrected chi connectivity index (χ2v) is 4.64. The highest BCUT2D eigenvalue weighted by atomic mass is 79.9. The summed E-state index contributed by atoms with van der Waals surface area (Å²) < 4.78 is 3.27. The monoisotopic (exact) mass is 266 g/mol. The number of fused-ring (bicyclic) bond motifs is 1. The Morgan fingerprint density at radius 2 is 2.07 bits per heavy atom. The van der Waals surface area contributed by atoms with Crippen molar-refractivity contribution in [1.29, 1.82) is 0 Å². The maximum Gasteiger partial charge on any atom is 0.0501 e. The second-order valence-electron chi connectivity index (χ2n) is 3.85. The molecule has 1 aromatic carbocycles. The van der Waals surface area contributed by atoms with Gasteiger partial charge in [-0.2, -0.15) is 0 Å². The fraction of sp³-hybridized carbons (Fsp3) is 0.333. The van der Waals surface area contributed by atoms with Gasteiger partial charge in [0.25, 0.3) is 0 Å². The lowest BCUT2D eigenvalue weighted by molar-refractivity contribution is 0.857. The zero-order valence-corrected chi connectivity index (χ0v) is 10.9. The van der Waals surface area contributed by atoms with Crippen molar-refractivity contribution >= 4 is 32.5 Å². The van der Waals surface area contributed by atoms with Crippen LogP contribution in [0.2, 0.25) is 0 Å². The van der Waals surface area contributed by atoms with Crippen LogP contribution in [0.25, 0.3) is 10.9 Å². The molecule has 0 aliphatic carbocycles. The normalized spacial score (nSPS) is 11.2. The Bertz CT molecular complexity index is 526. The Kier molecular flexibility index (Phi) is 2.51. The second kappa shape index (κ2) is 3.56. The molecule has 0 fully saturated rings. The van der Waals surface area contributed by atoms with Crippen LogP contribution in [0, 0.1) is 6.92 Å². The Morgan fingerprint density at radius 3 is 2.67 bits per heavy atom. The number of nitrogens with two attached hydrogens (primary N) is 1. The molecule has 2 N–H and O–H groups in total. The van der Waals surface area contributed by atoms with Gasteiger partial charge in [0.15, 0.2) is 0 Å². The molecule has 80 valence electrons. The van der Waals surface area contributed by atoms with E-state index in [1.165, 1.54) is 22.2 Å². The predicted molar refractivity (Wildman–Crippen MR) is 69.1 cm³/mol. The van der Waals surface area contributed by atoms with E-state index in [4.69, 9.17) is 5.73 Å². The molecular formula is C12H15BrN2. The van der Waals surface area contributed by atoms with E-state index in [1.54, 1.807) is 0 Å². The van der Waals surface area contributed by atoms with Crippen LogP contribution in [-0.4, -0.2) is 4.57 Å². The topological polar surface area (TPSA) is 30.9 Å².